The monoisotopic (exact) mass is 428 g/mol. The Balaban J connectivity index is 1.94. The Morgan fingerprint density at radius 3 is 2.75 bits per heavy atom. The molecule has 0 aromatic heterocycles. The van der Waals surface area contributed by atoms with Crippen molar-refractivity contribution >= 4 is 41.0 Å². The zero-order chi connectivity index (χ0) is 20.7. The van der Waals surface area contributed by atoms with Gasteiger partial charge in [0.1, 0.15) is 6.04 Å². The lowest BCUT2D eigenvalue weighted by molar-refractivity contribution is -0.132. The maximum atomic E-state index is 12.6. The van der Waals surface area contributed by atoms with Crippen LogP contribution in [-0.2, 0) is 16.1 Å². The Kier molecular flexibility index (Phi) is 8.54. The molecule has 0 aliphatic carbocycles. The van der Waals surface area contributed by atoms with Crippen LogP contribution in [0.4, 0.5) is 4.79 Å². The molecule has 1 aromatic rings. The molecule has 0 saturated carbocycles. The fourth-order valence-electron chi connectivity index (χ4n) is 3.07. The number of urea groups is 1. The number of unbranched alkanes of at least 4 members (excludes halogenated alkanes) is 2. The van der Waals surface area contributed by atoms with Crippen molar-refractivity contribution in [3.05, 3.63) is 33.8 Å². The predicted octanol–water partition coefficient (Wildman–Crippen LogP) is 3.18. The van der Waals surface area contributed by atoms with E-state index < -0.39 is 24.1 Å². The molecule has 9 heteroatoms. The molecule has 1 unspecified atom stereocenters. The van der Waals surface area contributed by atoms with Gasteiger partial charge in [0.05, 0.1) is 6.17 Å². The average Bonchev–Trinajstić information content (AvgIpc) is 3.02. The number of halogens is 2. The van der Waals surface area contributed by atoms with E-state index in [2.05, 4.69) is 17.6 Å². The molecule has 28 heavy (non-hydrogen) atoms. The summed E-state index contributed by atoms with van der Waals surface area (Å²) in [5, 5.41) is 6.28. The highest BCUT2D eigenvalue weighted by Crippen LogP contribution is 2.22. The van der Waals surface area contributed by atoms with Crippen LogP contribution < -0.4 is 16.4 Å². The van der Waals surface area contributed by atoms with Crippen LogP contribution in [0, 0.1) is 0 Å². The van der Waals surface area contributed by atoms with Gasteiger partial charge in [-0.25, -0.2) is 4.79 Å². The van der Waals surface area contributed by atoms with Crippen LogP contribution in [0.15, 0.2) is 18.2 Å². The smallest absolute Gasteiger partial charge is 0.326 e. The number of amides is 4. The van der Waals surface area contributed by atoms with Gasteiger partial charge in [0.15, 0.2) is 0 Å². The molecule has 154 valence electrons. The molecular formula is C19H26Cl2N4O3. The topological polar surface area (TPSA) is 105 Å². The lowest BCUT2D eigenvalue weighted by atomic mass is 10.1. The van der Waals surface area contributed by atoms with Crippen LogP contribution in [0.25, 0.3) is 0 Å². The predicted molar refractivity (Wildman–Crippen MR) is 109 cm³/mol. The maximum absolute atomic E-state index is 12.6. The highest BCUT2D eigenvalue weighted by atomic mass is 35.5. The fraction of sp³-hybridized carbons (Fsp3) is 0.526. The van der Waals surface area contributed by atoms with E-state index >= 15 is 0 Å². The molecule has 2 rings (SSSR count). The molecule has 7 nitrogen and oxygen atoms in total. The minimum atomic E-state index is -0.860. The number of carbonyl (C=O) groups excluding carboxylic acids is 3. The fourth-order valence-corrected chi connectivity index (χ4v) is 3.54. The van der Waals surface area contributed by atoms with Gasteiger partial charge in [-0.15, -0.1) is 0 Å². The largest absolute Gasteiger partial charge is 0.350 e. The minimum Gasteiger partial charge on any atom is -0.350 e. The number of hydrogen-bond acceptors (Lipinski definition) is 4. The number of benzene rings is 1. The maximum Gasteiger partial charge on any atom is 0.326 e. The van der Waals surface area contributed by atoms with Gasteiger partial charge in [-0.05, 0) is 30.5 Å². The third kappa shape index (κ3) is 6.09. The molecule has 1 fully saturated rings. The lowest BCUT2D eigenvalue weighted by Gasteiger charge is -2.24. The second kappa shape index (κ2) is 10.6. The number of nitrogens with one attached hydrogen (secondary N) is 2. The zero-order valence-electron chi connectivity index (χ0n) is 15.8. The Bertz CT molecular complexity index is 729. The standard InChI is InChI=1S/C19H26Cl2N4O3/c1-2-3-4-5-16(22)24-19(28)25-15(8-9-17(25)26)18(27)23-11-12-6-7-13(20)10-14(12)21/h6-7,10,15-16H,2-5,8-9,11,22H2,1H3,(H,23,27)(H,24,28)/t15-,16?/m0/s1. The molecule has 0 spiro atoms. The van der Waals surface area contributed by atoms with Crippen LogP contribution in [-0.4, -0.2) is 35.0 Å². The van der Waals surface area contributed by atoms with Crippen molar-refractivity contribution in [2.24, 2.45) is 5.73 Å². The molecule has 1 aromatic carbocycles. The van der Waals surface area contributed by atoms with Crippen molar-refractivity contribution in [2.75, 3.05) is 0 Å². The third-order valence-corrected chi connectivity index (χ3v) is 5.22. The third-order valence-electron chi connectivity index (χ3n) is 4.63. The van der Waals surface area contributed by atoms with Crippen molar-refractivity contribution in [2.45, 2.75) is 64.2 Å². The number of likely N-dealkylation sites (tertiary alicyclic amines) is 1. The number of nitrogens with two attached hydrogens (primary N) is 1. The second-order valence-corrected chi connectivity index (χ2v) is 7.67. The molecule has 2 atom stereocenters. The average molecular weight is 429 g/mol. The van der Waals surface area contributed by atoms with Crippen molar-refractivity contribution in [1.82, 2.24) is 15.5 Å². The highest BCUT2D eigenvalue weighted by Gasteiger charge is 2.40. The summed E-state index contributed by atoms with van der Waals surface area (Å²) in [5.74, 6) is -0.797. The van der Waals surface area contributed by atoms with Crippen molar-refractivity contribution in [3.8, 4) is 0 Å². The van der Waals surface area contributed by atoms with E-state index in [0.717, 1.165) is 24.2 Å². The van der Waals surface area contributed by atoms with E-state index in [4.69, 9.17) is 28.9 Å². The van der Waals surface area contributed by atoms with E-state index in [1.165, 1.54) is 0 Å². The number of carbonyl (C=O) groups is 3. The van der Waals surface area contributed by atoms with Crippen molar-refractivity contribution in [3.63, 3.8) is 0 Å². The molecule has 0 radical (unpaired) electrons. The molecule has 1 aliphatic heterocycles. The minimum absolute atomic E-state index is 0.137. The first kappa shape index (κ1) is 22.5. The van der Waals surface area contributed by atoms with E-state index in [9.17, 15) is 14.4 Å². The summed E-state index contributed by atoms with van der Waals surface area (Å²) in [5.41, 5.74) is 6.61. The summed E-state index contributed by atoms with van der Waals surface area (Å²) in [4.78, 5) is 38.2. The highest BCUT2D eigenvalue weighted by molar-refractivity contribution is 6.35. The summed E-state index contributed by atoms with van der Waals surface area (Å²) in [7, 11) is 0. The molecule has 4 amide bonds. The Hall–Kier alpha value is -1.83. The number of nitrogens with zero attached hydrogens (tertiary/aromatic N) is 1. The van der Waals surface area contributed by atoms with Crippen LogP contribution in [0.1, 0.15) is 51.0 Å². The Labute approximate surface area is 174 Å². The number of hydrogen-bond donors (Lipinski definition) is 3. The zero-order valence-corrected chi connectivity index (χ0v) is 17.4. The first-order chi connectivity index (χ1) is 13.3. The molecule has 1 saturated heterocycles. The summed E-state index contributed by atoms with van der Waals surface area (Å²) in [6.07, 6.45) is 3.43. The molecule has 1 aliphatic rings. The van der Waals surface area contributed by atoms with Crippen molar-refractivity contribution in [1.29, 1.82) is 0 Å². The number of rotatable bonds is 8. The summed E-state index contributed by atoms with van der Waals surface area (Å²) in [6.45, 7) is 2.25. The van der Waals surface area contributed by atoms with E-state index in [0.29, 0.717) is 22.0 Å². The van der Waals surface area contributed by atoms with Gasteiger partial charge < -0.3 is 16.4 Å². The Morgan fingerprint density at radius 2 is 2.07 bits per heavy atom. The second-order valence-electron chi connectivity index (χ2n) is 6.82. The van der Waals surface area contributed by atoms with E-state index in [-0.39, 0.29) is 25.3 Å². The molecule has 4 N–H and O–H groups in total. The van der Waals surface area contributed by atoms with Crippen LogP contribution >= 0.6 is 23.2 Å². The first-order valence-electron chi connectivity index (χ1n) is 9.43. The Morgan fingerprint density at radius 1 is 1.32 bits per heavy atom. The van der Waals surface area contributed by atoms with Crippen LogP contribution in [0.5, 0.6) is 0 Å². The van der Waals surface area contributed by atoms with Crippen molar-refractivity contribution < 1.29 is 14.4 Å². The normalized spacial score (nSPS) is 17.5. The van der Waals surface area contributed by atoms with Gasteiger partial charge in [-0.1, -0.05) is 55.5 Å². The van der Waals surface area contributed by atoms with E-state index in [1.54, 1.807) is 18.2 Å². The summed E-state index contributed by atoms with van der Waals surface area (Å²) < 4.78 is 0. The van der Waals surface area contributed by atoms with E-state index in [1.807, 2.05) is 0 Å². The number of imide groups is 1. The molecule has 1 heterocycles. The van der Waals surface area contributed by atoms with Gasteiger partial charge in [0, 0.05) is 23.0 Å². The SMILES string of the molecule is CCCCCC(N)NC(=O)N1C(=O)CC[C@H]1C(=O)NCc1ccc(Cl)cc1Cl. The van der Waals surface area contributed by atoms with Gasteiger partial charge in [0.25, 0.3) is 0 Å². The van der Waals surface area contributed by atoms with Gasteiger partial charge in [0.2, 0.25) is 11.8 Å². The lowest BCUT2D eigenvalue weighted by Crippen LogP contribution is -2.54. The van der Waals surface area contributed by atoms with Gasteiger partial charge >= 0.3 is 6.03 Å². The first-order valence-corrected chi connectivity index (χ1v) is 10.2. The quantitative estimate of drug-likeness (QED) is 0.436. The van der Waals surface area contributed by atoms with Crippen LogP contribution in [0.2, 0.25) is 10.0 Å². The van der Waals surface area contributed by atoms with Crippen LogP contribution in [0.3, 0.4) is 0 Å². The molecular weight excluding hydrogens is 403 g/mol. The van der Waals surface area contributed by atoms with Gasteiger partial charge in [-0.2, -0.15) is 0 Å². The molecule has 0 bridgehead atoms. The summed E-state index contributed by atoms with van der Waals surface area (Å²) >= 11 is 12.0. The summed E-state index contributed by atoms with van der Waals surface area (Å²) in [6, 6.07) is 3.49. The van der Waals surface area contributed by atoms with Gasteiger partial charge in [-0.3, -0.25) is 14.5 Å².